The van der Waals surface area contributed by atoms with E-state index in [-0.39, 0.29) is 11.3 Å². The Labute approximate surface area is 129 Å². The van der Waals surface area contributed by atoms with Crippen LogP contribution in [0.1, 0.15) is 65.2 Å². The molecule has 3 aliphatic rings. The van der Waals surface area contributed by atoms with Crippen LogP contribution in [0.3, 0.4) is 0 Å². The lowest BCUT2D eigenvalue weighted by Crippen LogP contribution is -2.49. The Kier molecular flexibility index (Phi) is 4.58. The Morgan fingerprint density at radius 1 is 1.05 bits per heavy atom. The van der Waals surface area contributed by atoms with Crippen molar-refractivity contribution in [3.05, 3.63) is 0 Å². The van der Waals surface area contributed by atoms with Crippen molar-refractivity contribution >= 4 is 5.91 Å². The van der Waals surface area contributed by atoms with Gasteiger partial charge in [-0.15, -0.1) is 0 Å². The number of piperidine rings is 1. The average molecular weight is 292 g/mol. The van der Waals surface area contributed by atoms with Gasteiger partial charge in [0.15, 0.2) is 0 Å². The molecule has 2 aliphatic heterocycles. The Hall–Kier alpha value is -0.570. The molecule has 0 aromatic rings. The molecule has 3 nitrogen and oxygen atoms in total. The summed E-state index contributed by atoms with van der Waals surface area (Å²) < 4.78 is 0. The molecule has 0 spiro atoms. The lowest BCUT2D eigenvalue weighted by Gasteiger charge is -2.42. The maximum Gasteiger partial charge on any atom is 0.226 e. The lowest BCUT2D eigenvalue weighted by molar-refractivity contribution is -0.143. The molecular weight excluding hydrogens is 260 g/mol. The Morgan fingerprint density at radius 3 is 2.52 bits per heavy atom. The van der Waals surface area contributed by atoms with Crippen molar-refractivity contribution in [1.29, 1.82) is 0 Å². The highest BCUT2D eigenvalue weighted by atomic mass is 16.2. The highest BCUT2D eigenvalue weighted by Crippen LogP contribution is 2.43. The third kappa shape index (κ3) is 3.13. The number of nitrogens with one attached hydrogen (secondary N) is 1. The van der Waals surface area contributed by atoms with Gasteiger partial charge in [-0.2, -0.15) is 0 Å². The van der Waals surface area contributed by atoms with E-state index in [0.29, 0.717) is 11.9 Å². The van der Waals surface area contributed by atoms with Crippen molar-refractivity contribution in [2.24, 2.45) is 17.3 Å². The zero-order chi connectivity index (χ0) is 14.9. The first kappa shape index (κ1) is 15.3. The number of likely N-dealkylation sites (tertiary alicyclic amines) is 1. The molecule has 2 heterocycles. The summed E-state index contributed by atoms with van der Waals surface area (Å²) in [4.78, 5) is 15.5. The molecule has 21 heavy (non-hydrogen) atoms. The molecule has 1 amide bonds. The van der Waals surface area contributed by atoms with Crippen molar-refractivity contribution in [3.8, 4) is 0 Å². The molecule has 1 aliphatic carbocycles. The summed E-state index contributed by atoms with van der Waals surface area (Å²) in [5, 5.41) is 3.46. The SMILES string of the molecule is CC1(C)CCCCC1C(=O)N1CCCC1C1CCNCC1. The van der Waals surface area contributed by atoms with Gasteiger partial charge in [0.1, 0.15) is 0 Å². The van der Waals surface area contributed by atoms with Crippen LogP contribution in [0.15, 0.2) is 0 Å². The van der Waals surface area contributed by atoms with Crippen LogP contribution in [0.4, 0.5) is 0 Å². The number of rotatable bonds is 2. The number of carbonyl (C=O) groups excluding carboxylic acids is 1. The van der Waals surface area contributed by atoms with Gasteiger partial charge >= 0.3 is 0 Å². The monoisotopic (exact) mass is 292 g/mol. The van der Waals surface area contributed by atoms with Crippen molar-refractivity contribution in [3.63, 3.8) is 0 Å². The molecule has 0 radical (unpaired) electrons. The van der Waals surface area contributed by atoms with Crippen molar-refractivity contribution in [1.82, 2.24) is 10.2 Å². The van der Waals surface area contributed by atoms with Crippen LogP contribution in [-0.4, -0.2) is 36.5 Å². The van der Waals surface area contributed by atoms with E-state index in [0.717, 1.165) is 32.0 Å². The summed E-state index contributed by atoms with van der Waals surface area (Å²) in [6.07, 6.45) is 9.83. The summed E-state index contributed by atoms with van der Waals surface area (Å²) in [6, 6.07) is 0.539. The van der Waals surface area contributed by atoms with Gasteiger partial charge < -0.3 is 10.2 Å². The molecule has 0 aromatic carbocycles. The highest BCUT2D eigenvalue weighted by molar-refractivity contribution is 5.80. The number of carbonyl (C=O) groups is 1. The first-order valence-corrected chi connectivity index (χ1v) is 9.11. The van der Waals surface area contributed by atoms with Crippen LogP contribution < -0.4 is 5.32 Å². The minimum Gasteiger partial charge on any atom is -0.339 e. The minimum atomic E-state index is 0.205. The van der Waals surface area contributed by atoms with Gasteiger partial charge in [0.2, 0.25) is 5.91 Å². The number of hydrogen-bond acceptors (Lipinski definition) is 2. The third-order valence-corrected chi connectivity index (χ3v) is 6.32. The fourth-order valence-electron chi connectivity index (χ4n) is 4.94. The molecule has 1 N–H and O–H groups in total. The van der Waals surface area contributed by atoms with Crippen LogP contribution in [0.25, 0.3) is 0 Å². The topological polar surface area (TPSA) is 32.3 Å². The second kappa shape index (κ2) is 6.28. The molecule has 120 valence electrons. The van der Waals surface area contributed by atoms with E-state index in [9.17, 15) is 4.79 Å². The van der Waals surface area contributed by atoms with Crippen LogP contribution in [0.2, 0.25) is 0 Å². The van der Waals surface area contributed by atoms with Gasteiger partial charge in [-0.1, -0.05) is 26.7 Å². The minimum absolute atomic E-state index is 0.205. The molecule has 1 saturated carbocycles. The summed E-state index contributed by atoms with van der Waals surface area (Å²) in [6.45, 7) is 7.91. The Bertz CT molecular complexity index is 373. The van der Waals surface area contributed by atoms with Crippen LogP contribution >= 0.6 is 0 Å². The van der Waals surface area contributed by atoms with Crippen molar-refractivity contribution in [2.75, 3.05) is 19.6 Å². The van der Waals surface area contributed by atoms with Gasteiger partial charge in [-0.3, -0.25) is 4.79 Å². The molecule has 3 heteroatoms. The van der Waals surface area contributed by atoms with E-state index in [4.69, 9.17) is 0 Å². The summed E-state index contributed by atoms with van der Waals surface area (Å²) in [7, 11) is 0. The van der Waals surface area contributed by atoms with E-state index in [1.54, 1.807) is 0 Å². The molecule has 2 saturated heterocycles. The predicted molar refractivity (Wildman–Crippen MR) is 86.1 cm³/mol. The van der Waals surface area contributed by atoms with E-state index < -0.39 is 0 Å². The summed E-state index contributed by atoms with van der Waals surface area (Å²) in [5.74, 6) is 1.50. The van der Waals surface area contributed by atoms with E-state index in [1.165, 1.54) is 44.9 Å². The summed E-state index contributed by atoms with van der Waals surface area (Å²) in [5.41, 5.74) is 0.205. The first-order chi connectivity index (χ1) is 10.1. The normalized spacial score (nSPS) is 34.1. The molecule has 3 fully saturated rings. The van der Waals surface area contributed by atoms with Gasteiger partial charge in [-0.05, 0) is 62.9 Å². The average Bonchev–Trinajstić information content (AvgIpc) is 2.96. The van der Waals surface area contributed by atoms with Crippen LogP contribution in [-0.2, 0) is 4.79 Å². The van der Waals surface area contributed by atoms with E-state index in [2.05, 4.69) is 24.1 Å². The Balaban J connectivity index is 1.70. The fraction of sp³-hybridized carbons (Fsp3) is 0.944. The quantitative estimate of drug-likeness (QED) is 0.847. The maximum absolute atomic E-state index is 13.2. The predicted octanol–water partition coefficient (Wildman–Crippen LogP) is 3.19. The zero-order valence-electron chi connectivity index (χ0n) is 13.9. The largest absolute Gasteiger partial charge is 0.339 e. The van der Waals surface area contributed by atoms with Gasteiger partial charge in [-0.25, -0.2) is 0 Å². The van der Waals surface area contributed by atoms with Crippen LogP contribution in [0.5, 0.6) is 0 Å². The number of nitrogens with zero attached hydrogens (tertiary/aromatic N) is 1. The van der Waals surface area contributed by atoms with E-state index in [1.807, 2.05) is 0 Å². The standard InChI is InChI=1S/C18H32N2O/c1-18(2)10-4-3-6-15(18)17(21)20-13-5-7-16(20)14-8-11-19-12-9-14/h14-16,19H,3-13H2,1-2H3. The second-order valence-electron chi connectivity index (χ2n) is 8.12. The smallest absolute Gasteiger partial charge is 0.226 e. The van der Waals surface area contributed by atoms with E-state index >= 15 is 0 Å². The zero-order valence-corrected chi connectivity index (χ0v) is 13.9. The van der Waals surface area contributed by atoms with Crippen LogP contribution in [0, 0.1) is 17.3 Å². The van der Waals surface area contributed by atoms with Gasteiger partial charge in [0.05, 0.1) is 0 Å². The first-order valence-electron chi connectivity index (χ1n) is 9.11. The molecule has 2 atom stereocenters. The van der Waals surface area contributed by atoms with Crippen molar-refractivity contribution in [2.45, 2.75) is 71.3 Å². The molecule has 3 rings (SSSR count). The van der Waals surface area contributed by atoms with Gasteiger partial charge in [0, 0.05) is 18.5 Å². The molecular formula is C18H32N2O. The van der Waals surface area contributed by atoms with Crippen molar-refractivity contribution < 1.29 is 4.79 Å². The highest BCUT2D eigenvalue weighted by Gasteiger charge is 2.43. The summed E-state index contributed by atoms with van der Waals surface area (Å²) >= 11 is 0. The second-order valence-corrected chi connectivity index (χ2v) is 8.12. The lowest BCUT2D eigenvalue weighted by atomic mass is 9.68. The molecule has 2 unspecified atom stereocenters. The fourth-order valence-corrected chi connectivity index (χ4v) is 4.94. The molecule has 0 bridgehead atoms. The molecule has 0 aromatic heterocycles. The Morgan fingerprint density at radius 2 is 1.81 bits per heavy atom. The maximum atomic E-state index is 13.2. The third-order valence-electron chi connectivity index (χ3n) is 6.32. The number of amides is 1. The number of hydrogen-bond donors (Lipinski definition) is 1. The van der Waals surface area contributed by atoms with Gasteiger partial charge in [0.25, 0.3) is 0 Å².